The van der Waals surface area contributed by atoms with Crippen LogP contribution in [0.2, 0.25) is 0 Å². The van der Waals surface area contributed by atoms with Gasteiger partial charge in [-0.05, 0) is 6.92 Å². The second-order valence-corrected chi connectivity index (χ2v) is 5.23. The van der Waals surface area contributed by atoms with E-state index in [9.17, 15) is 0 Å². The summed E-state index contributed by atoms with van der Waals surface area (Å²) in [4.78, 5) is 4.37. The van der Waals surface area contributed by atoms with Crippen LogP contribution in [0.25, 0.3) is 34.3 Å². The van der Waals surface area contributed by atoms with Crippen LogP contribution in [0.3, 0.4) is 0 Å². The van der Waals surface area contributed by atoms with Crippen molar-refractivity contribution in [1.82, 2.24) is 15.3 Å². The van der Waals surface area contributed by atoms with Crippen LogP contribution >= 0.6 is 0 Å². The van der Waals surface area contributed by atoms with Crippen molar-refractivity contribution in [2.45, 2.75) is 6.92 Å². The Morgan fingerprint density at radius 1 is 0.783 bits per heavy atom. The third kappa shape index (κ3) is 2.64. The maximum absolute atomic E-state index is 5.38. The number of rotatable bonds is 3. The van der Waals surface area contributed by atoms with E-state index in [4.69, 9.17) is 9.05 Å². The highest BCUT2D eigenvalue weighted by atomic mass is 16.5. The molecule has 4 rings (SSSR count). The second kappa shape index (κ2) is 5.53. The van der Waals surface area contributed by atoms with Gasteiger partial charge < -0.3 is 9.05 Å². The maximum Gasteiger partial charge on any atom is 0.280 e. The molecule has 0 atom stereocenters. The highest BCUT2D eigenvalue weighted by Crippen LogP contribution is 2.26. The van der Waals surface area contributed by atoms with Crippen molar-refractivity contribution >= 4 is 0 Å². The molecule has 2 aromatic heterocycles. The van der Waals surface area contributed by atoms with E-state index in [0.717, 1.165) is 11.1 Å². The Hall–Kier alpha value is -3.21. The van der Waals surface area contributed by atoms with Crippen LogP contribution in [0.1, 0.15) is 5.56 Å². The maximum atomic E-state index is 5.38. The Balaban J connectivity index is 1.65. The van der Waals surface area contributed by atoms with Crippen molar-refractivity contribution in [3.8, 4) is 34.3 Å². The third-order valence-corrected chi connectivity index (χ3v) is 3.52. The van der Waals surface area contributed by atoms with E-state index in [2.05, 4.69) is 15.3 Å². The molecule has 0 aliphatic heterocycles. The number of aryl methyl sites for hydroxylation is 1. The smallest absolute Gasteiger partial charge is 0.280 e. The van der Waals surface area contributed by atoms with Crippen LogP contribution in [0, 0.1) is 6.92 Å². The van der Waals surface area contributed by atoms with Gasteiger partial charge in [0.15, 0.2) is 11.5 Å². The molecule has 0 unspecified atom stereocenters. The number of nitrogens with zero attached hydrogens (tertiary/aromatic N) is 3. The Kier molecular flexibility index (Phi) is 3.24. The molecule has 112 valence electrons. The lowest BCUT2D eigenvalue weighted by atomic mass is 10.1. The van der Waals surface area contributed by atoms with E-state index >= 15 is 0 Å². The van der Waals surface area contributed by atoms with E-state index in [-0.39, 0.29) is 0 Å². The first-order valence-corrected chi connectivity index (χ1v) is 7.23. The summed E-state index contributed by atoms with van der Waals surface area (Å²) in [5, 5.41) is 8.01. The summed E-state index contributed by atoms with van der Waals surface area (Å²) in [6.07, 6.45) is 0. The Morgan fingerprint density at radius 2 is 1.57 bits per heavy atom. The minimum atomic E-state index is 0.339. The average molecular weight is 303 g/mol. The lowest BCUT2D eigenvalue weighted by Crippen LogP contribution is -1.80. The summed E-state index contributed by atoms with van der Waals surface area (Å²) in [7, 11) is 0. The van der Waals surface area contributed by atoms with Gasteiger partial charge in [0.1, 0.15) is 0 Å². The molecule has 5 heteroatoms. The SMILES string of the molecule is Cc1ccc(-c2cc(-c3nc(-c4ccccc4)no3)no2)cc1. The fraction of sp³-hybridized carbons (Fsp3) is 0.0556. The van der Waals surface area contributed by atoms with Crippen LogP contribution in [0.4, 0.5) is 0 Å². The summed E-state index contributed by atoms with van der Waals surface area (Å²) in [5.41, 5.74) is 3.56. The molecular weight excluding hydrogens is 290 g/mol. The number of hydrogen-bond acceptors (Lipinski definition) is 5. The van der Waals surface area contributed by atoms with Crippen molar-refractivity contribution in [2.24, 2.45) is 0 Å². The minimum Gasteiger partial charge on any atom is -0.355 e. The lowest BCUT2D eigenvalue weighted by molar-refractivity contribution is 0.411. The molecule has 0 aliphatic carbocycles. The number of benzene rings is 2. The number of aromatic nitrogens is 3. The molecule has 2 heterocycles. The fourth-order valence-electron chi connectivity index (χ4n) is 2.26. The van der Waals surface area contributed by atoms with Crippen LogP contribution < -0.4 is 0 Å². The molecule has 0 radical (unpaired) electrons. The average Bonchev–Trinajstić information content (AvgIpc) is 3.26. The first-order chi connectivity index (χ1) is 11.3. The highest BCUT2D eigenvalue weighted by Gasteiger charge is 2.15. The van der Waals surface area contributed by atoms with Gasteiger partial charge in [0.25, 0.3) is 5.89 Å². The zero-order valence-corrected chi connectivity index (χ0v) is 12.4. The normalized spacial score (nSPS) is 10.8. The van der Waals surface area contributed by atoms with Crippen LogP contribution in [0.5, 0.6) is 0 Å². The molecule has 0 saturated heterocycles. The second-order valence-electron chi connectivity index (χ2n) is 5.23. The molecule has 23 heavy (non-hydrogen) atoms. The van der Waals surface area contributed by atoms with E-state index in [1.165, 1.54) is 5.56 Å². The fourth-order valence-corrected chi connectivity index (χ4v) is 2.26. The van der Waals surface area contributed by atoms with Crippen LogP contribution in [-0.4, -0.2) is 15.3 Å². The van der Waals surface area contributed by atoms with Crippen molar-refractivity contribution in [1.29, 1.82) is 0 Å². The van der Waals surface area contributed by atoms with Gasteiger partial charge in [-0.1, -0.05) is 70.5 Å². The first-order valence-electron chi connectivity index (χ1n) is 7.23. The summed E-state index contributed by atoms with van der Waals surface area (Å²) >= 11 is 0. The molecule has 0 N–H and O–H groups in total. The van der Waals surface area contributed by atoms with Crippen LogP contribution in [0.15, 0.2) is 69.7 Å². The van der Waals surface area contributed by atoms with E-state index in [1.807, 2.05) is 61.5 Å². The summed E-state index contributed by atoms with van der Waals surface area (Å²) in [6.45, 7) is 2.04. The molecule has 0 aliphatic rings. The van der Waals surface area contributed by atoms with Crippen molar-refractivity contribution in [3.63, 3.8) is 0 Å². The van der Waals surface area contributed by atoms with Crippen LogP contribution in [-0.2, 0) is 0 Å². The molecule has 2 aromatic carbocycles. The quantitative estimate of drug-likeness (QED) is 0.562. The predicted molar refractivity (Wildman–Crippen MR) is 85.4 cm³/mol. The zero-order valence-electron chi connectivity index (χ0n) is 12.4. The molecule has 0 bridgehead atoms. The van der Waals surface area contributed by atoms with E-state index < -0.39 is 0 Å². The summed E-state index contributed by atoms with van der Waals surface area (Å²) in [5.74, 6) is 1.53. The first kappa shape index (κ1) is 13.5. The standard InChI is InChI=1S/C18H13N3O2/c1-12-7-9-13(10-8-12)16-11-15(20-22-16)18-19-17(21-23-18)14-5-3-2-4-6-14/h2-11H,1H3. The van der Waals surface area contributed by atoms with Gasteiger partial charge in [0.2, 0.25) is 5.82 Å². The summed E-state index contributed by atoms with van der Waals surface area (Å²) in [6, 6.07) is 19.5. The van der Waals surface area contributed by atoms with Crippen molar-refractivity contribution in [3.05, 3.63) is 66.2 Å². The molecule has 5 nitrogen and oxygen atoms in total. The monoisotopic (exact) mass is 303 g/mol. The van der Waals surface area contributed by atoms with Gasteiger partial charge in [0.05, 0.1) is 0 Å². The van der Waals surface area contributed by atoms with Gasteiger partial charge in [-0.2, -0.15) is 4.98 Å². The molecule has 0 amide bonds. The van der Waals surface area contributed by atoms with Gasteiger partial charge in [0, 0.05) is 17.2 Å². The Morgan fingerprint density at radius 3 is 2.35 bits per heavy atom. The lowest BCUT2D eigenvalue weighted by Gasteiger charge is -1.95. The topological polar surface area (TPSA) is 65.0 Å². The van der Waals surface area contributed by atoms with Gasteiger partial charge in [-0.15, -0.1) is 0 Å². The largest absolute Gasteiger partial charge is 0.355 e. The molecule has 0 spiro atoms. The van der Waals surface area contributed by atoms with Crippen molar-refractivity contribution in [2.75, 3.05) is 0 Å². The minimum absolute atomic E-state index is 0.339. The summed E-state index contributed by atoms with van der Waals surface area (Å²) < 4.78 is 10.7. The molecule has 0 saturated carbocycles. The predicted octanol–water partition coefficient (Wildman–Crippen LogP) is 4.37. The van der Waals surface area contributed by atoms with Gasteiger partial charge in [-0.3, -0.25) is 0 Å². The van der Waals surface area contributed by atoms with Crippen molar-refractivity contribution < 1.29 is 9.05 Å². The molecule has 0 fully saturated rings. The van der Waals surface area contributed by atoms with E-state index in [0.29, 0.717) is 23.2 Å². The zero-order chi connectivity index (χ0) is 15.6. The highest BCUT2D eigenvalue weighted by molar-refractivity contribution is 5.64. The van der Waals surface area contributed by atoms with E-state index in [1.54, 1.807) is 6.07 Å². The third-order valence-electron chi connectivity index (χ3n) is 3.52. The van der Waals surface area contributed by atoms with Gasteiger partial charge in [-0.25, -0.2) is 0 Å². The molecular formula is C18H13N3O2. The number of hydrogen-bond donors (Lipinski definition) is 0. The Bertz CT molecular complexity index is 924. The Labute approximate surface area is 132 Å². The van der Waals surface area contributed by atoms with Gasteiger partial charge >= 0.3 is 0 Å². The molecule has 4 aromatic rings.